The predicted molar refractivity (Wildman–Crippen MR) is 111 cm³/mol. The molecule has 0 saturated carbocycles. The van der Waals surface area contributed by atoms with Crippen LogP contribution in [0, 0.1) is 11.7 Å². The van der Waals surface area contributed by atoms with Crippen LogP contribution in [0.3, 0.4) is 0 Å². The molecule has 1 amide bonds. The molecule has 146 valence electrons. The summed E-state index contributed by atoms with van der Waals surface area (Å²) in [6.07, 6.45) is 0.750. The number of nitrogens with one attached hydrogen (secondary N) is 2. The number of H-pyrrole nitrogens is 1. The van der Waals surface area contributed by atoms with Crippen molar-refractivity contribution in [3.05, 3.63) is 70.5 Å². The van der Waals surface area contributed by atoms with Gasteiger partial charge in [-0.25, -0.2) is 0 Å². The quantitative estimate of drug-likeness (QED) is 0.428. The second-order valence-electron chi connectivity index (χ2n) is 6.55. The summed E-state index contributed by atoms with van der Waals surface area (Å²) in [4.78, 5) is 12.3. The minimum atomic E-state index is -0.102. The molecule has 3 rings (SSSR count). The molecular formula is C21H24N4O2S. The lowest BCUT2D eigenvalue weighted by Crippen LogP contribution is -2.29. The topological polar surface area (TPSA) is 71.9 Å². The second kappa shape index (κ2) is 9.96. The van der Waals surface area contributed by atoms with Gasteiger partial charge in [-0.2, -0.15) is 5.10 Å². The van der Waals surface area contributed by atoms with Crippen molar-refractivity contribution < 1.29 is 9.53 Å². The van der Waals surface area contributed by atoms with Crippen LogP contribution in [-0.4, -0.2) is 33.8 Å². The summed E-state index contributed by atoms with van der Waals surface area (Å²) in [6, 6.07) is 18.0. The summed E-state index contributed by atoms with van der Waals surface area (Å²) >= 11 is 5.29. The van der Waals surface area contributed by atoms with Gasteiger partial charge in [0.25, 0.3) is 0 Å². The zero-order valence-electron chi connectivity index (χ0n) is 15.9. The predicted octanol–water partition coefficient (Wildman–Crippen LogP) is 3.64. The fraction of sp³-hybridized carbons (Fsp3) is 0.286. The van der Waals surface area contributed by atoms with Gasteiger partial charge in [-0.15, -0.1) is 0 Å². The number of aryl methyl sites for hydroxylation is 1. The minimum absolute atomic E-state index is 0.102. The van der Waals surface area contributed by atoms with Crippen molar-refractivity contribution in [1.82, 2.24) is 20.1 Å². The van der Waals surface area contributed by atoms with E-state index in [4.69, 9.17) is 17.0 Å². The van der Waals surface area contributed by atoms with Gasteiger partial charge in [0, 0.05) is 18.7 Å². The fourth-order valence-corrected chi connectivity index (χ4v) is 3.03. The van der Waals surface area contributed by atoms with Gasteiger partial charge >= 0.3 is 0 Å². The first-order chi connectivity index (χ1) is 13.6. The van der Waals surface area contributed by atoms with E-state index in [1.165, 1.54) is 0 Å². The molecule has 0 aliphatic heterocycles. The maximum Gasteiger partial charge on any atom is 0.240 e. The number of hydrogen-bond acceptors (Lipinski definition) is 4. The van der Waals surface area contributed by atoms with Crippen LogP contribution in [-0.2, 0) is 22.7 Å². The van der Waals surface area contributed by atoms with E-state index in [1.54, 1.807) is 4.57 Å². The summed E-state index contributed by atoms with van der Waals surface area (Å²) in [7, 11) is 0. The molecule has 0 atom stereocenters. The molecule has 3 aromatic rings. The minimum Gasteiger partial charge on any atom is -0.377 e. The second-order valence-corrected chi connectivity index (χ2v) is 6.94. The van der Waals surface area contributed by atoms with E-state index >= 15 is 0 Å². The van der Waals surface area contributed by atoms with Crippen molar-refractivity contribution in [1.29, 1.82) is 0 Å². The van der Waals surface area contributed by atoms with Crippen molar-refractivity contribution in [3.63, 3.8) is 0 Å². The van der Waals surface area contributed by atoms with Crippen molar-refractivity contribution in [2.45, 2.75) is 26.5 Å². The van der Waals surface area contributed by atoms with E-state index in [9.17, 15) is 4.79 Å². The highest BCUT2D eigenvalue weighted by molar-refractivity contribution is 7.71. The third-order valence-electron chi connectivity index (χ3n) is 4.24. The highest BCUT2D eigenvalue weighted by Crippen LogP contribution is 2.18. The Bertz CT molecular complexity index is 966. The van der Waals surface area contributed by atoms with Crippen molar-refractivity contribution in [2.75, 3.05) is 13.2 Å². The average molecular weight is 397 g/mol. The normalized spacial score (nSPS) is 10.8. The Kier molecular flexibility index (Phi) is 7.11. The van der Waals surface area contributed by atoms with Crippen LogP contribution < -0.4 is 5.32 Å². The van der Waals surface area contributed by atoms with Gasteiger partial charge in [-0.05, 0) is 37.2 Å². The lowest BCUT2D eigenvalue weighted by Gasteiger charge is -2.09. The number of ether oxygens (including phenoxy) is 1. The van der Waals surface area contributed by atoms with E-state index in [2.05, 4.69) is 15.5 Å². The van der Waals surface area contributed by atoms with Crippen molar-refractivity contribution >= 4 is 18.1 Å². The molecule has 6 nitrogen and oxygen atoms in total. The summed E-state index contributed by atoms with van der Waals surface area (Å²) in [5.41, 5.74) is 3.19. The molecule has 0 radical (unpaired) electrons. The number of benzene rings is 2. The Morgan fingerprint density at radius 3 is 2.82 bits per heavy atom. The number of amides is 1. The first-order valence-electron chi connectivity index (χ1n) is 9.24. The van der Waals surface area contributed by atoms with E-state index in [0.717, 1.165) is 23.1 Å². The molecule has 0 saturated heterocycles. The molecule has 0 aliphatic carbocycles. The molecule has 1 heterocycles. The van der Waals surface area contributed by atoms with Crippen molar-refractivity contribution in [2.24, 2.45) is 0 Å². The SMILES string of the molecule is Cc1cccc(-c2n[nH]c(=S)n2CC(=O)NCCCOCc2ccccc2)c1. The molecule has 0 fully saturated rings. The summed E-state index contributed by atoms with van der Waals surface area (Å²) in [6.45, 7) is 3.87. The third-order valence-corrected chi connectivity index (χ3v) is 4.55. The van der Waals surface area contributed by atoms with Crippen LogP contribution in [0.25, 0.3) is 11.4 Å². The van der Waals surface area contributed by atoms with Gasteiger partial charge in [0.2, 0.25) is 5.91 Å². The number of carbonyl (C=O) groups excluding carboxylic acids is 1. The summed E-state index contributed by atoms with van der Waals surface area (Å²) < 4.78 is 7.77. The first kappa shape index (κ1) is 20.0. The fourth-order valence-electron chi connectivity index (χ4n) is 2.83. The van der Waals surface area contributed by atoms with Crippen LogP contribution in [0.5, 0.6) is 0 Å². The van der Waals surface area contributed by atoms with E-state index in [-0.39, 0.29) is 12.5 Å². The average Bonchev–Trinajstić information content (AvgIpc) is 3.06. The molecule has 2 N–H and O–H groups in total. The van der Waals surface area contributed by atoms with Gasteiger partial charge in [-0.3, -0.25) is 14.5 Å². The van der Waals surface area contributed by atoms with Gasteiger partial charge in [0.1, 0.15) is 6.54 Å². The van der Waals surface area contributed by atoms with Gasteiger partial charge < -0.3 is 10.1 Å². The maximum atomic E-state index is 12.3. The zero-order chi connectivity index (χ0) is 19.8. The first-order valence-corrected chi connectivity index (χ1v) is 9.65. The molecule has 28 heavy (non-hydrogen) atoms. The van der Waals surface area contributed by atoms with Crippen LogP contribution in [0.2, 0.25) is 0 Å². The molecule has 0 bridgehead atoms. The lowest BCUT2D eigenvalue weighted by molar-refractivity contribution is -0.121. The van der Waals surface area contributed by atoms with Crippen LogP contribution in [0.15, 0.2) is 54.6 Å². The Labute approximate surface area is 169 Å². The standard InChI is InChI=1S/C21H24N4O2S/c1-16-7-5-10-18(13-16)20-23-24-21(28)25(20)14-19(26)22-11-6-12-27-15-17-8-3-2-4-9-17/h2-5,7-10,13H,6,11-12,14-15H2,1H3,(H,22,26)(H,24,28). The molecule has 2 aromatic carbocycles. The van der Waals surface area contributed by atoms with Gasteiger partial charge in [0.05, 0.1) is 6.61 Å². The number of rotatable bonds is 9. The van der Waals surface area contributed by atoms with E-state index in [1.807, 2.05) is 61.5 Å². The molecule has 1 aromatic heterocycles. The Hall–Kier alpha value is -2.77. The molecule has 0 aliphatic rings. The van der Waals surface area contributed by atoms with Crippen LogP contribution in [0.1, 0.15) is 17.5 Å². The highest BCUT2D eigenvalue weighted by Gasteiger charge is 2.12. The maximum absolute atomic E-state index is 12.3. The summed E-state index contributed by atoms with van der Waals surface area (Å²) in [5, 5.41) is 9.96. The van der Waals surface area contributed by atoms with Gasteiger partial charge in [-0.1, -0.05) is 54.1 Å². The van der Waals surface area contributed by atoms with Crippen LogP contribution >= 0.6 is 12.2 Å². The zero-order valence-corrected chi connectivity index (χ0v) is 16.7. The van der Waals surface area contributed by atoms with Crippen molar-refractivity contribution in [3.8, 4) is 11.4 Å². The molecule has 7 heteroatoms. The van der Waals surface area contributed by atoms with Gasteiger partial charge in [0.15, 0.2) is 10.6 Å². The number of hydrogen-bond donors (Lipinski definition) is 2. The number of nitrogens with zero attached hydrogens (tertiary/aromatic N) is 2. The lowest BCUT2D eigenvalue weighted by atomic mass is 10.1. The Morgan fingerprint density at radius 2 is 2.04 bits per heavy atom. The number of aromatic amines is 1. The van der Waals surface area contributed by atoms with E-state index in [0.29, 0.717) is 30.4 Å². The summed E-state index contributed by atoms with van der Waals surface area (Å²) in [5.74, 6) is 0.560. The molecular weight excluding hydrogens is 372 g/mol. The Morgan fingerprint density at radius 1 is 1.21 bits per heavy atom. The number of aromatic nitrogens is 3. The molecule has 0 unspecified atom stereocenters. The third kappa shape index (κ3) is 5.61. The van der Waals surface area contributed by atoms with E-state index < -0.39 is 0 Å². The largest absolute Gasteiger partial charge is 0.377 e. The smallest absolute Gasteiger partial charge is 0.240 e. The monoisotopic (exact) mass is 396 g/mol. The molecule has 0 spiro atoms. The Balaban J connectivity index is 1.45. The number of carbonyl (C=O) groups is 1. The highest BCUT2D eigenvalue weighted by atomic mass is 32.1. The van der Waals surface area contributed by atoms with Crippen LogP contribution in [0.4, 0.5) is 0 Å².